The third-order valence-electron chi connectivity index (χ3n) is 4.32. The van der Waals surface area contributed by atoms with Crippen LogP contribution < -0.4 is 16.0 Å². The summed E-state index contributed by atoms with van der Waals surface area (Å²) in [6, 6.07) is 15.3. The Bertz CT molecular complexity index is 813. The number of amides is 4. The first-order chi connectivity index (χ1) is 12.5. The van der Waals surface area contributed by atoms with Gasteiger partial charge in [-0.25, -0.2) is 4.79 Å². The molecule has 1 atom stereocenters. The van der Waals surface area contributed by atoms with Crippen LogP contribution in [-0.4, -0.2) is 30.4 Å². The molecule has 3 rings (SSSR count). The Balaban J connectivity index is 1.46. The van der Waals surface area contributed by atoms with Crippen molar-refractivity contribution < 1.29 is 14.4 Å². The van der Waals surface area contributed by atoms with Crippen LogP contribution in [0.15, 0.2) is 48.5 Å². The fourth-order valence-electron chi connectivity index (χ4n) is 2.82. The van der Waals surface area contributed by atoms with Gasteiger partial charge in [0, 0.05) is 6.54 Å². The van der Waals surface area contributed by atoms with Crippen molar-refractivity contribution in [3.8, 4) is 11.1 Å². The number of hydrogen-bond acceptors (Lipinski definition) is 3. The lowest BCUT2D eigenvalue weighted by molar-refractivity contribution is -0.126. The molecule has 3 N–H and O–H groups in total. The number of carbonyl (C=O) groups is 3. The Morgan fingerprint density at radius 2 is 1.62 bits per heavy atom. The van der Waals surface area contributed by atoms with E-state index in [1.54, 1.807) is 0 Å². The van der Waals surface area contributed by atoms with Crippen molar-refractivity contribution in [1.29, 1.82) is 0 Å². The summed E-state index contributed by atoms with van der Waals surface area (Å²) in [7, 11) is 0. The largest absolute Gasteiger partial charge is 0.356 e. The van der Waals surface area contributed by atoms with Crippen molar-refractivity contribution >= 4 is 17.8 Å². The van der Waals surface area contributed by atoms with Gasteiger partial charge in [0.05, 0.1) is 6.42 Å². The van der Waals surface area contributed by atoms with E-state index in [9.17, 15) is 14.4 Å². The molecule has 1 saturated heterocycles. The van der Waals surface area contributed by atoms with Crippen LogP contribution in [-0.2, 0) is 16.0 Å². The third kappa shape index (κ3) is 4.47. The lowest BCUT2D eigenvalue weighted by Gasteiger charge is -2.09. The molecular weight excluding hydrogens is 330 g/mol. The van der Waals surface area contributed by atoms with Crippen LogP contribution in [0, 0.1) is 6.92 Å². The fraction of sp³-hybridized carbons (Fsp3) is 0.250. The highest BCUT2D eigenvalue weighted by Gasteiger charge is 2.30. The van der Waals surface area contributed by atoms with Gasteiger partial charge in [0.1, 0.15) is 6.04 Å². The SMILES string of the molecule is Cc1ccc(-c2ccc(CCNC(=O)CC3NC(=O)NC3=O)cc2)cc1. The van der Waals surface area contributed by atoms with Crippen molar-refractivity contribution in [2.45, 2.75) is 25.8 Å². The molecule has 1 aliphatic heterocycles. The summed E-state index contributed by atoms with van der Waals surface area (Å²) in [5.74, 6) is -0.722. The molecule has 1 fully saturated rings. The van der Waals surface area contributed by atoms with Gasteiger partial charge in [-0.05, 0) is 30.0 Å². The molecule has 4 amide bonds. The summed E-state index contributed by atoms with van der Waals surface area (Å²) >= 11 is 0. The van der Waals surface area contributed by atoms with E-state index in [1.165, 1.54) is 11.1 Å². The Morgan fingerprint density at radius 1 is 1.00 bits per heavy atom. The zero-order valence-corrected chi connectivity index (χ0v) is 14.5. The van der Waals surface area contributed by atoms with Gasteiger partial charge in [-0.15, -0.1) is 0 Å². The molecule has 134 valence electrons. The molecule has 0 radical (unpaired) electrons. The number of urea groups is 1. The molecule has 6 nitrogen and oxygen atoms in total. The molecule has 1 heterocycles. The van der Waals surface area contributed by atoms with Crippen molar-refractivity contribution in [2.24, 2.45) is 0 Å². The molecular formula is C20H21N3O3. The first-order valence-corrected chi connectivity index (χ1v) is 8.55. The maximum absolute atomic E-state index is 11.9. The summed E-state index contributed by atoms with van der Waals surface area (Å²) in [5, 5.41) is 7.29. The highest BCUT2D eigenvalue weighted by molar-refractivity contribution is 6.05. The summed E-state index contributed by atoms with van der Waals surface area (Å²) in [4.78, 5) is 34.3. The van der Waals surface area contributed by atoms with E-state index in [0.717, 1.165) is 11.1 Å². The molecule has 0 spiro atoms. The molecule has 2 aromatic rings. The van der Waals surface area contributed by atoms with Crippen LogP contribution in [0.25, 0.3) is 11.1 Å². The predicted octanol–water partition coefficient (Wildman–Crippen LogP) is 1.92. The lowest BCUT2D eigenvalue weighted by atomic mass is 10.0. The van der Waals surface area contributed by atoms with Crippen molar-refractivity contribution in [3.05, 3.63) is 59.7 Å². The minimum atomic E-state index is -0.781. The van der Waals surface area contributed by atoms with Crippen LogP contribution in [0.2, 0.25) is 0 Å². The van der Waals surface area contributed by atoms with Crippen molar-refractivity contribution in [3.63, 3.8) is 0 Å². The van der Waals surface area contributed by atoms with E-state index in [0.29, 0.717) is 13.0 Å². The Morgan fingerprint density at radius 3 is 2.19 bits per heavy atom. The maximum Gasteiger partial charge on any atom is 0.322 e. The number of hydrogen-bond donors (Lipinski definition) is 3. The van der Waals surface area contributed by atoms with Crippen LogP contribution in [0.3, 0.4) is 0 Å². The Kier molecular flexibility index (Phi) is 5.31. The summed E-state index contributed by atoms with van der Waals surface area (Å²) < 4.78 is 0. The molecule has 26 heavy (non-hydrogen) atoms. The van der Waals surface area contributed by atoms with E-state index in [-0.39, 0.29) is 12.3 Å². The smallest absolute Gasteiger partial charge is 0.322 e. The quantitative estimate of drug-likeness (QED) is 0.695. The van der Waals surface area contributed by atoms with E-state index in [1.807, 2.05) is 12.1 Å². The first kappa shape index (κ1) is 17.7. The minimum Gasteiger partial charge on any atom is -0.356 e. The zero-order valence-electron chi connectivity index (χ0n) is 14.5. The predicted molar refractivity (Wildman–Crippen MR) is 98.4 cm³/mol. The first-order valence-electron chi connectivity index (χ1n) is 8.55. The van der Waals surface area contributed by atoms with Crippen LogP contribution >= 0.6 is 0 Å². The lowest BCUT2D eigenvalue weighted by Crippen LogP contribution is -2.36. The van der Waals surface area contributed by atoms with E-state index < -0.39 is 18.0 Å². The van der Waals surface area contributed by atoms with Gasteiger partial charge in [0.15, 0.2) is 0 Å². The molecule has 1 unspecified atom stereocenters. The van der Waals surface area contributed by atoms with Gasteiger partial charge < -0.3 is 10.6 Å². The number of imide groups is 1. The summed E-state index contributed by atoms with van der Waals surface area (Å²) in [5.41, 5.74) is 4.68. The molecule has 0 aliphatic carbocycles. The van der Waals surface area contributed by atoms with Crippen LogP contribution in [0.5, 0.6) is 0 Å². The van der Waals surface area contributed by atoms with E-state index in [4.69, 9.17) is 0 Å². The second kappa shape index (κ2) is 7.82. The molecule has 0 saturated carbocycles. The van der Waals surface area contributed by atoms with Gasteiger partial charge >= 0.3 is 6.03 Å². The monoisotopic (exact) mass is 351 g/mol. The van der Waals surface area contributed by atoms with Gasteiger partial charge in [0.2, 0.25) is 5.91 Å². The summed E-state index contributed by atoms with van der Waals surface area (Å²) in [6.07, 6.45) is 0.646. The van der Waals surface area contributed by atoms with Crippen molar-refractivity contribution in [2.75, 3.05) is 6.54 Å². The standard InChI is InChI=1S/C20H21N3O3/c1-13-2-6-15(7-3-13)16-8-4-14(5-9-16)10-11-21-18(24)12-17-19(25)23-20(26)22-17/h2-9,17H,10-12H2,1H3,(H,21,24)(H2,22,23,25,26). The van der Waals surface area contributed by atoms with Crippen LogP contribution in [0.1, 0.15) is 17.5 Å². The second-order valence-corrected chi connectivity index (χ2v) is 6.38. The fourth-order valence-corrected chi connectivity index (χ4v) is 2.82. The number of carbonyl (C=O) groups excluding carboxylic acids is 3. The normalized spacial score (nSPS) is 16.1. The third-order valence-corrected chi connectivity index (χ3v) is 4.32. The Labute approximate surface area is 152 Å². The number of benzene rings is 2. The minimum absolute atomic E-state index is 0.0517. The average molecular weight is 351 g/mol. The molecule has 0 bridgehead atoms. The number of aryl methyl sites for hydroxylation is 1. The number of nitrogens with one attached hydrogen (secondary N) is 3. The van der Waals surface area contributed by atoms with Gasteiger partial charge in [0.25, 0.3) is 5.91 Å². The zero-order chi connectivity index (χ0) is 18.5. The summed E-state index contributed by atoms with van der Waals surface area (Å²) in [6.45, 7) is 2.54. The van der Waals surface area contributed by atoms with E-state index >= 15 is 0 Å². The second-order valence-electron chi connectivity index (χ2n) is 6.38. The molecule has 1 aliphatic rings. The highest BCUT2D eigenvalue weighted by atomic mass is 16.2. The maximum atomic E-state index is 11.9. The van der Waals surface area contributed by atoms with Gasteiger partial charge in [-0.2, -0.15) is 0 Å². The van der Waals surface area contributed by atoms with Gasteiger partial charge in [-0.1, -0.05) is 54.1 Å². The Hall–Kier alpha value is -3.15. The number of rotatable bonds is 6. The highest BCUT2D eigenvalue weighted by Crippen LogP contribution is 2.20. The molecule has 0 aromatic heterocycles. The topological polar surface area (TPSA) is 87.3 Å². The van der Waals surface area contributed by atoms with Crippen LogP contribution in [0.4, 0.5) is 4.79 Å². The van der Waals surface area contributed by atoms with E-state index in [2.05, 4.69) is 59.3 Å². The van der Waals surface area contributed by atoms with Crippen molar-refractivity contribution in [1.82, 2.24) is 16.0 Å². The van der Waals surface area contributed by atoms with Gasteiger partial charge in [-0.3, -0.25) is 14.9 Å². The molecule has 2 aromatic carbocycles. The molecule has 6 heteroatoms. The average Bonchev–Trinajstić information content (AvgIpc) is 2.93.